The maximum atomic E-state index is 12.7. The average molecular weight is 516 g/mol. The van der Waals surface area contributed by atoms with Gasteiger partial charge in [-0.25, -0.2) is 4.98 Å². The molecule has 5 rings (SSSR count). The van der Waals surface area contributed by atoms with Crippen LogP contribution in [0.3, 0.4) is 0 Å². The summed E-state index contributed by atoms with van der Waals surface area (Å²) in [5.74, 6) is 2.23. The second kappa shape index (κ2) is 11.9. The first-order valence-corrected chi connectivity index (χ1v) is 13.0. The van der Waals surface area contributed by atoms with Gasteiger partial charge in [-0.1, -0.05) is 48.5 Å². The molecule has 0 radical (unpaired) electrons. The van der Waals surface area contributed by atoms with Gasteiger partial charge in [0.05, 0.1) is 13.7 Å². The molecular weight excluding hydrogens is 486 g/mol. The van der Waals surface area contributed by atoms with Crippen molar-refractivity contribution in [2.75, 3.05) is 20.4 Å². The molecule has 1 aromatic heterocycles. The summed E-state index contributed by atoms with van der Waals surface area (Å²) in [6.07, 6.45) is 0.786. The van der Waals surface area contributed by atoms with Crippen LogP contribution in [0.1, 0.15) is 32.2 Å². The normalized spacial score (nSPS) is 12.1. The topological polar surface area (TPSA) is 72.9 Å². The van der Waals surface area contributed by atoms with E-state index in [2.05, 4.69) is 45.5 Å². The van der Waals surface area contributed by atoms with Crippen molar-refractivity contribution in [2.45, 2.75) is 26.1 Å². The lowest BCUT2D eigenvalue weighted by atomic mass is 10.1. The number of ether oxygens (including phenoxy) is 3. The van der Waals surface area contributed by atoms with E-state index in [0.29, 0.717) is 25.3 Å². The molecule has 4 aromatic rings. The number of hydrogen-bond donors (Lipinski definition) is 1. The molecule has 0 spiro atoms. The fraction of sp³-hybridized carbons (Fsp3) is 0.241. The van der Waals surface area contributed by atoms with Gasteiger partial charge in [0.2, 0.25) is 6.79 Å². The quantitative estimate of drug-likeness (QED) is 0.301. The van der Waals surface area contributed by atoms with E-state index in [1.807, 2.05) is 47.8 Å². The van der Waals surface area contributed by atoms with E-state index in [4.69, 9.17) is 14.2 Å². The predicted octanol–water partition coefficient (Wildman–Crippen LogP) is 5.06. The fourth-order valence-electron chi connectivity index (χ4n) is 4.19. The molecule has 0 saturated carbocycles. The molecule has 0 fully saturated rings. The van der Waals surface area contributed by atoms with Crippen LogP contribution >= 0.6 is 11.3 Å². The Morgan fingerprint density at radius 3 is 2.51 bits per heavy atom. The second-order valence-corrected chi connectivity index (χ2v) is 9.74. The van der Waals surface area contributed by atoms with Crippen molar-refractivity contribution in [3.8, 4) is 17.2 Å². The Bertz CT molecular complexity index is 1320. The number of rotatable bonds is 11. The SMILES string of the molecule is COc1ccc(CN(Cc2ccc3c(c2)OCO3)Cc2nc(C(=O)NCCc3ccccc3)cs2)cc1. The smallest absolute Gasteiger partial charge is 0.270 e. The van der Waals surface area contributed by atoms with Crippen LogP contribution in [-0.2, 0) is 26.1 Å². The number of fused-ring (bicyclic) bond motifs is 1. The Hall–Kier alpha value is -3.88. The summed E-state index contributed by atoms with van der Waals surface area (Å²) < 4.78 is 16.3. The van der Waals surface area contributed by atoms with E-state index in [1.165, 1.54) is 16.9 Å². The summed E-state index contributed by atoms with van der Waals surface area (Å²) in [5.41, 5.74) is 3.94. The third-order valence-corrected chi connectivity index (χ3v) is 6.93. The van der Waals surface area contributed by atoms with Crippen molar-refractivity contribution < 1.29 is 19.0 Å². The highest BCUT2D eigenvalue weighted by molar-refractivity contribution is 7.09. The van der Waals surface area contributed by atoms with Gasteiger partial charge in [0.25, 0.3) is 5.91 Å². The Morgan fingerprint density at radius 2 is 1.70 bits per heavy atom. The summed E-state index contributed by atoms with van der Waals surface area (Å²) in [4.78, 5) is 19.6. The number of methoxy groups -OCH3 is 1. The van der Waals surface area contributed by atoms with Crippen LogP contribution in [0.5, 0.6) is 17.2 Å². The lowest BCUT2D eigenvalue weighted by Gasteiger charge is -2.22. The number of carbonyl (C=O) groups is 1. The van der Waals surface area contributed by atoms with Crippen LogP contribution in [0.15, 0.2) is 78.2 Å². The molecule has 7 nitrogen and oxygen atoms in total. The molecule has 1 aliphatic rings. The molecule has 3 aromatic carbocycles. The minimum Gasteiger partial charge on any atom is -0.497 e. The highest BCUT2D eigenvalue weighted by atomic mass is 32.1. The minimum atomic E-state index is -0.143. The summed E-state index contributed by atoms with van der Waals surface area (Å²) in [6.45, 7) is 2.85. The number of benzene rings is 3. The van der Waals surface area contributed by atoms with Gasteiger partial charge in [0.15, 0.2) is 11.5 Å². The van der Waals surface area contributed by atoms with Gasteiger partial charge in [0.1, 0.15) is 16.5 Å². The van der Waals surface area contributed by atoms with Crippen LogP contribution in [0.4, 0.5) is 0 Å². The van der Waals surface area contributed by atoms with Crippen molar-refractivity contribution >= 4 is 17.2 Å². The molecule has 8 heteroatoms. The van der Waals surface area contributed by atoms with Crippen molar-refractivity contribution in [3.63, 3.8) is 0 Å². The maximum Gasteiger partial charge on any atom is 0.270 e. The molecule has 2 heterocycles. The zero-order valence-electron chi connectivity index (χ0n) is 20.7. The first-order valence-electron chi connectivity index (χ1n) is 12.2. The first-order chi connectivity index (χ1) is 18.2. The molecule has 0 saturated heterocycles. The van der Waals surface area contributed by atoms with Crippen LogP contribution in [0.2, 0.25) is 0 Å². The van der Waals surface area contributed by atoms with Crippen LogP contribution in [-0.4, -0.2) is 36.2 Å². The zero-order chi connectivity index (χ0) is 25.5. The monoisotopic (exact) mass is 515 g/mol. The van der Waals surface area contributed by atoms with Gasteiger partial charge in [0, 0.05) is 25.0 Å². The zero-order valence-corrected chi connectivity index (χ0v) is 21.5. The van der Waals surface area contributed by atoms with E-state index in [1.54, 1.807) is 7.11 Å². The van der Waals surface area contributed by atoms with Crippen LogP contribution in [0, 0.1) is 0 Å². The molecule has 0 unspecified atom stereocenters. The average Bonchev–Trinajstić information content (AvgIpc) is 3.59. The maximum absolute atomic E-state index is 12.7. The number of carbonyl (C=O) groups excluding carboxylic acids is 1. The van der Waals surface area contributed by atoms with Crippen LogP contribution in [0.25, 0.3) is 0 Å². The Morgan fingerprint density at radius 1 is 0.946 bits per heavy atom. The molecule has 0 bridgehead atoms. The number of nitrogens with zero attached hydrogens (tertiary/aromatic N) is 2. The number of aromatic nitrogens is 1. The van der Waals surface area contributed by atoms with Gasteiger partial charge in [-0.15, -0.1) is 11.3 Å². The van der Waals surface area contributed by atoms with Gasteiger partial charge < -0.3 is 19.5 Å². The predicted molar refractivity (Wildman–Crippen MR) is 143 cm³/mol. The molecule has 190 valence electrons. The Kier molecular flexibility index (Phi) is 7.98. The number of hydrogen-bond acceptors (Lipinski definition) is 7. The van der Waals surface area contributed by atoms with E-state index in [-0.39, 0.29) is 12.7 Å². The lowest BCUT2D eigenvalue weighted by molar-refractivity contribution is 0.0949. The molecule has 1 amide bonds. The van der Waals surface area contributed by atoms with Gasteiger partial charge in [-0.05, 0) is 47.4 Å². The van der Waals surface area contributed by atoms with Crippen molar-refractivity contribution in [1.29, 1.82) is 0 Å². The van der Waals surface area contributed by atoms with Crippen molar-refractivity contribution in [2.24, 2.45) is 0 Å². The van der Waals surface area contributed by atoms with Crippen LogP contribution < -0.4 is 19.5 Å². The molecular formula is C29H29N3O4S. The molecule has 0 atom stereocenters. The van der Waals surface area contributed by atoms with Gasteiger partial charge in [-0.2, -0.15) is 0 Å². The van der Waals surface area contributed by atoms with Crippen molar-refractivity contribution in [1.82, 2.24) is 15.2 Å². The Balaban J connectivity index is 1.25. The molecule has 0 aliphatic carbocycles. The highest BCUT2D eigenvalue weighted by Gasteiger charge is 2.17. The number of nitrogens with one attached hydrogen (secondary N) is 1. The van der Waals surface area contributed by atoms with Crippen molar-refractivity contribution in [3.05, 3.63) is 106 Å². The first kappa shape index (κ1) is 24.8. The molecule has 37 heavy (non-hydrogen) atoms. The van der Waals surface area contributed by atoms with Gasteiger partial charge in [-0.3, -0.25) is 9.69 Å². The highest BCUT2D eigenvalue weighted by Crippen LogP contribution is 2.33. The summed E-state index contributed by atoms with van der Waals surface area (Å²) in [5, 5.41) is 5.71. The second-order valence-electron chi connectivity index (χ2n) is 8.80. The van der Waals surface area contributed by atoms with E-state index < -0.39 is 0 Å². The fourth-order valence-corrected chi connectivity index (χ4v) is 5.00. The number of amides is 1. The van der Waals surface area contributed by atoms with E-state index in [0.717, 1.165) is 46.3 Å². The summed E-state index contributed by atoms with van der Waals surface area (Å²) >= 11 is 1.51. The summed E-state index contributed by atoms with van der Waals surface area (Å²) in [7, 11) is 1.67. The van der Waals surface area contributed by atoms with Gasteiger partial charge >= 0.3 is 0 Å². The molecule has 1 N–H and O–H groups in total. The number of thiazole rings is 1. The minimum absolute atomic E-state index is 0.143. The van der Waals surface area contributed by atoms with E-state index >= 15 is 0 Å². The third kappa shape index (κ3) is 6.67. The largest absolute Gasteiger partial charge is 0.497 e. The summed E-state index contributed by atoms with van der Waals surface area (Å²) in [6, 6.07) is 24.2. The third-order valence-electron chi connectivity index (χ3n) is 6.09. The lowest BCUT2D eigenvalue weighted by Crippen LogP contribution is -2.26. The van der Waals surface area contributed by atoms with E-state index in [9.17, 15) is 4.79 Å². The Labute approximate surface area is 220 Å². The molecule has 1 aliphatic heterocycles. The standard InChI is InChI=1S/C29H29N3O4S/c1-34-24-10-7-22(8-11-24)16-32(17-23-9-12-26-27(15-23)36-20-35-26)18-28-31-25(19-37-28)29(33)30-14-13-21-5-3-2-4-6-21/h2-12,15,19H,13-14,16-18,20H2,1H3,(H,30,33).